The van der Waals surface area contributed by atoms with Crippen molar-refractivity contribution in [1.29, 1.82) is 0 Å². The van der Waals surface area contributed by atoms with Gasteiger partial charge in [-0.1, -0.05) is 0 Å². The van der Waals surface area contributed by atoms with E-state index in [1.54, 1.807) is 0 Å². The van der Waals surface area contributed by atoms with Crippen LogP contribution in [0.2, 0.25) is 0 Å². The average Bonchev–Trinajstić information content (AvgIpc) is 3.02. The van der Waals surface area contributed by atoms with E-state index < -0.39 is 38.7 Å². The number of rotatable bonds is 13. The fourth-order valence-electron chi connectivity index (χ4n) is 1.67. The number of aromatic amines is 1. The van der Waals surface area contributed by atoms with Crippen molar-refractivity contribution >= 4 is 26.5 Å². The molecule has 0 aliphatic carbocycles. The molecule has 5 N–H and O–H groups in total. The summed E-state index contributed by atoms with van der Waals surface area (Å²) in [5, 5.41) is 35.1. The third-order valence-electron chi connectivity index (χ3n) is 2.79. The molecule has 134 valence electrons. The number of carboxylic acids is 2. The maximum Gasteiger partial charge on any atom is 0.321 e. The summed E-state index contributed by atoms with van der Waals surface area (Å²) < 4.78 is 16.7. The molecule has 24 heavy (non-hydrogen) atoms. The first kappa shape index (κ1) is 19.7. The van der Waals surface area contributed by atoms with Crippen molar-refractivity contribution in [2.45, 2.75) is 38.0 Å². The van der Waals surface area contributed by atoms with E-state index in [0.29, 0.717) is 5.82 Å². The van der Waals surface area contributed by atoms with E-state index in [9.17, 15) is 18.9 Å². The highest BCUT2D eigenvalue weighted by molar-refractivity contribution is 7.40. The van der Waals surface area contributed by atoms with Gasteiger partial charge in [0.25, 0.3) is 6.47 Å². The quantitative estimate of drug-likeness (QED) is 0.155. The third-order valence-corrected chi connectivity index (χ3v) is 3.99. The van der Waals surface area contributed by atoms with Crippen LogP contribution in [-0.4, -0.2) is 61.5 Å². The minimum absolute atomic E-state index is 0.157. The maximum atomic E-state index is 12.0. The Morgan fingerprint density at radius 3 is 2.62 bits per heavy atom. The summed E-state index contributed by atoms with van der Waals surface area (Å²) in [6.45, 7) is 0.157. The van der Waals surface area contributed by atoms with Crippen molar-refractivity contribution < 1.29 is 33.9 Å². The number of aryl methyl sites for hydroxylation is 1. The number of hydrogen-bond donors (Lipinski definition) is 5. The molecule has 1 heterocycles. The minimum Gasteiger partial charge on any atom is -0.481 e. The molecule has 0 radical (unpaired) electrons. The van der Waals surface area contributed by atoms with Crippen LogP contribution in [0, 0.1) is 0 Å². The molecule has 3 atom stereocenters. The van der Waals surface area contributed by atoms with Gasteiger partial charge in [0.05, 0.1) is 0 Å². The van der Waals surface area contributed by atoms with Crippen LogP contribution in [0.1, 0.15) is 25.1 Å². The summed E-state index contributed by atoms with van der Waals surface area (Å²) in [7, 11) is -2.86. The van der Waals surface area contributed by atoms with Crippen LogP contribution in [0.5, 0.6) is 0 Å². The lowest BCUT2D eigenvalue weighted by molar-refractivity contribution is -0.140. The van der Waals surface area contributed by atoms with Crippen molar-refractivity contribution in [3.63, 3.8) is 0 Å². The number of nitrogens with zero attached hydrogens (tertiary/aromatic N) is 3. The smallest absolute Gasteiger partial charge is 0.321 e. The first-order valence-electron chi connectivity index (χ1n) is 6.75. The first-order chi connectivity index (χ1) is 11.4. The highest BCUT2D eigenvalue weighted by atomic mass is 31.1. The lowest BCUT2D eigenvalue weighted by Gasteiger charge is -2.19. The fourth-order valence-corrected chi connectivity index (χ4v) is 2.84. The Hall–Kier alpha value is -2.37. The van der Waals surface area contributed by atoms with Crippen LogP contribution < -0.4 is 10.2 Å². The normalized spacial score (nSPS) is 14.5. The number of hydrogen-bond acceptors (Lipinski definition) is 8. The van der Waals surface area contributed by atoms with Gasteiger partial charge < -0.3 is 14.9 Å². The molecule has 0 fully saturated rings. The number of carbonyl (C=O) groups excluding carboxylic acids is 1. The molecule has 1 aromatic rings. The summed E-state index contributed by atoms with van der Waals surface area (Å²) in [6.07, 6.45) is -1.13. The van der Waals surface area contributed by atoms with Crippen molar-refractivity contribution in [3.8, 4) is 0 Å². The number of carboxylic acid groups (broad SMARTS) is 2. The Labute approximate surface area is 136 Å². The Bertz CT molecular complexity index is 568. The van der Waals surface area contributed by atoms with Crippen molar-refractivity contribution in [1.82, 2.24) is 30.8 Å². The molecule has 0 aliphatic rings. The van der Waals surface area contributed by atoms with Gasteiger partial charge in [-0.25, -0.2) is 15.3 Å². The molecule has 1 aromatic heterocycles. The van der Waals surface area contributed by atoms with Crippen LogP contribution in [0.4, 0.5) is 0 Å². The molecule has 1 unspecified atom stereocenters. The lowest BCUT2D eigenvalue weighted by atomic mass is 10.2. The third kappa shape index (κ3) is 7.76. The molecule has 0 amide bonds. The first-order valence-corrected chi connectivity index (χ1v) is 8.16. The molecule has 14 heteroatoms. The highest BCUT2D eigenvalue weighted by Gasteiger charge is 2.22. The van der Waals surface area contributed by atoms with Gasteiger partial charge in [0.1, 0.15) is 11.9 Å². The van der Waals surface area contributed by atoms with E-state index in [2.05, 4.69) is 30.8 Å². The monoisotopic (exact) mass is 364 g/mol. The molecule has 0 aliphatic heterocycles. The molecule has 0 saturated carbocycles. The van der Waals surface area contributed by atoms with E-state index in [0.717, 1.165) is 0 Å². The summed E-state index contributed by atoms with van der Waals surface area (Å²) in [5.74, 6) is -2.08. The van der Waals surface area contributed by atoms with Gasteiger partial charge in [-0.2, -0.15) is 0 Å². The second-order valence-electron chi connectivity index (χ2n) is 4.55. The zero-order chi connectivity index (χ0) is 17.9. The van der Waals surface area contributed by atoms with Gasteiger partial charge in [0.2, 0.25) is 8.10 Å². The summed E-state index contributed by atoms with van der Waals surface area (Å²) in [4.78, 5) is 32.0. The van der Waals surface area contributed by atoms with Crippen LogP contribution in [-0.2, 0) is 30.1 Å². The zero-order valence-corrected chi connectivity index (χ0v) is 13.3. The van der Waals surface area contributed by atoms with Crippen molar-refractivity contribution in [3.05, 3.63) is 5.82 Å². The SMILES string of the molecule is O=CO[C@H](CCc1nnn[nH]1)N[PH](=O)N[C@@H](CCC(=O)O)C(=O)O. The number of aromatic nitrogens is 4. The van der Waals surface area contributed by atoms with Crippen LogP contribution in [0.15, 0.2) is 0 Å². The van der Waals surface area contributed by atoms with Crippen LogP contribution in [0.25, 0.3) is 0 Å². The van der Waals surface area contributed by atoms with E-state index in [-0.39, 0.29) is 25.7 Å². The van der Waals surface area contributed by atoms with Gasteiger partial charge in [0.15, 0.2) is 6.23 Å². The van der Waals surface area contributed by atoms with E-state index in [1.165, 1.54) is 0 Å². The Kier molecular flexibility index (Phi) is 8.54. The predicted octanol–water partition coefficient (Wildman–Crippen LogP) is -1.48. The standard InChI is InChI=1S/C10H17N6O7P/c17-5-23-8(3-2-7-11-15-16-12-7)14-24(22)13-6(10(20)21)1-4-9(18)19/h5-6,8,24H,1-4H2,(H,18,19)(H,20,21)(H2,13,14,22)(H,11,12,15,16)/t6-,8+/m0/s1. The lowest BCUT2D eigenvalue weighted by Crippen LogP contribution is -2.37. The summed E-state index contributed by atoms with van der Waals surface area (Å²) in [6, 6.07) is -1.31. The molecule has 0 bridgehead atoms. The molecular formula is C10H17N6O7P. The van der Waals surface area contributed by atoms with Gasteiger partial charge in [-0.05, 0) is 16.8 Å². The Balaban J connectivity index is 2.51. The molecule has 0 saturated heterocycles. The van der Waals surface area contributed by atoms with E-state index in [4.69, 9.17) is 14.9 Å². The predicted molar refractivity (Wildman–Crippen MR) is 77.0 cm³/mol. The van der Waals surface area contributed by atoms with E-state index in [1.807, 2.05) is 0 Å². The van der Waals surface area contributed by atoms with E-state index >= 15 is 0 Å². The number of carbonyl (C=O) groups is 3. The highest BCUT2D eigenvalue weighted by Crippen LogP contribution is 2.16. The fraction of sp³-hybridized carbons (Fsp3) is 0.600. The van der Waals surface area contributed by atoms with Crippen LogP contribution >= 0.6 is 8.10 Å². The number of nitrogens with one attached hydrogen (secondary N) is 3. The Morgan fingerprint density at radius 2 is 2.08 bits per heavy atom. The number of H-pyrrole nitrogens is 1. The van der Waals surface area contributed by atoms with Gasteiger partial charge >= 0.3 is 11.9 Å². The largest absolute Gasteiger partial charge is 0.481 e. The van der Waals surface area contributed by atoms with Gasteiger partial charge in [-0.3, -0.25) is 18.9 Å². The molecule has 0 spiro atoms. The number of ether oxygens (including phenoxy) is 1. The number of aliphatic carboxylic acids is 2. The topological polar surface area (TPSA) is 196 Å². The van der Waals surface area contributed by atoms with Crippen LogP contribution in [0.3, 0.4) is 0 Å². The van der Waals surface area contributed by atoms with Gasteiger partial charge in [0, 0.05) is 19.3 Å². The van der Waals surface area contributed by atoms with Crippen molar-refractivity contribution in [2.75, 3.05) is 0 Å². The molecule has 0 aromatic carbocycles. The Morgan fingerprint density at radius 1 is 1.33 bits per heavy atom. The number of tetrazole rings is 1. The molecular weight excluding hydrogens is 347 g/mol. The zero-order valence-electron chi connectivity index (χ0n) is 12.3. The molecule has 1 rings (SSSR count). The maximum absolute atomic E-state index is 12.0. The van der Waals surface area contributed by atoms with Crippen molar-refractivity contribution in [2.24, 2.45) is 0 Å². The second kappa shape index (κ2) is 10.4. The molecule has 13 nitrogen and oxygen atoms in total. The minimum atomic E-state index is -2.86. The van der Waals surface area contributed by atoms with Gasteiger partial charge in [-0.15, -0.1) is 5.10 Å². The summed E-state index contributed by atoms with van der Waals surface area (Å²) in [5.41, 5.74) is 0. The summed E-state index contributed by atoms with van der Waals surface area (Å²) >= 11 is 0. The average molecular weight is 364 g/mol. The second-order valence-corrected chi connectivity index (χ2v) is 5.78.